The van der Waals surface area contributed by atoms with Gasteiger partial charge in [0.25, 0.3) is 0 Å². The number of carbonyl (C=O) groups excluding carboxylic acids is 1. The Morgan fingerprint density at radius 2 is 2.05 bits per heavy atom. The Hall–Kier alpha value is -1.34. The van der Waals surface area contributed by atoms with Crippen molar-refractivity contribution in [3.8, 4) is 0 Å². The number of alkyl halides is 3. The fourth-order valence-electron chi connectivity index (χ4n) is 1.54. The molecule has 0 aliphatic rings. The Kier molecular flexibility index (Phi) is 4.75. The zero-order valence-corrected chi connectivity index (χ0v) is 10.5. The molecule has 0 spiro atoms. The molecular weight excluding hydrogens is 290 g/mol. The molecule has 1 atom stereocenters. The average Bonchev–Trinajstić information content (AvgIpc) is 2.30. The lowest BCUT2D eigenvalue weighted by molar-refractivity contribution is -0.142. The first-order chi connectivity index (χ1) is 8.68. The van der Waals surface area contributed by atoms with Gasteiger partial charge >= 0.3 is 12.1 Å². The van der Waals surface area contributed by atoms with E-state index in [9.17, 15) is 22.4 Å². The number of methoxy groups -OCH3 is 1. The lowest BCUT2D eigenvalue weighted by Crippen LogP contribution is -2.22. The van der Waals surface area contributed by atoms with Gasteiger partial charge in [-0.1, -0.05) is 11.6 Å². The van der Waals surface area contributed by atoms with Gasteiger partial charge in [0.15, 0.2) is 0 Å². The SMILES string of the molecule is COC(=O)C[C@H](N)c1c(C(F)(F)F)ccc(Cl)c1F. The van der Waals surface area contributed by atoms with Crippen molar-refractivity contribution in [3.05, 3.63) is 34.1 Å². The van der Waals surface area contributed by atoms with Crippen LogP contribution in [-0.4, -0.2) is 13.1 Å². The molecule has 0 aliphatic heterocycles. The van der Waals surface area contributed by atoms with E-state index < -0.39 is 46.6 Å². The molecule has 1 aromatic carbocycles. The molecular formula is C11H10ClF4NO2. The molecule has 0 aliphatic carbocycles. The Balaban J connectivity index is 3.30. The highest BCUT2D eigenvalue weighted by Gasteiger charge is 2.37. The third-order valence-electron chi connectivity index (χ3n) is 2.42. The van der Waals surface area contributed by atoms with Gasteiger partial charge in [0.2, 0.25) is 0 Å². The molecule has 0 heterocycles. The molecule has 1 aromatic rings. The van der Waals surface area contributed by atoms with Gasteiger partial charge in [0.1, 0.15) is 5.82 Å². The summed E-state index contributed by atoms with van der Waals surface area (Å²) in [6, 6.07) is -0.0887. The summed E-state index contributed by atoms with van der Waals surface area (Å²) in [6.07, 6.45) is -5.38. The first-order valence-electron chi connectivity index (χ1n) is 5.06. The summed E-state index contributed by atoms with van der Waals surface area (Å²) in [7, 11) is 1.05. The van der Waals surface area contributed by atoms with Crippen molar-refractivity contribution < 1.29 is 27.1 Å². The predicted octanol–water partition coefficient (Wildman–Crippen LogP) is 3.06. The molecule has 0 aromatic heterocycles. The highest BCUT2D eigenvalue weighted by molar-refractivity contribution is 6.30. The minimum atomic E-state index is -4.80. The van der Waals surface area contributed by atoms with E-state index in [1.807, 2.05) is 0 Å². The summed E-state index contributed by atoms with van der Waals surface area (Å²) in [5.41, 5.74) is 3.34. The second-order valence-corrected chi connectivity index (χ2v) is 4.11. The van der Waals surface area contributed by atoms with Crippen LogP contribution in [0.2, 0.25) is 5.02 Å². The summed E-state index contributed by atoms with van der Waals surface area (Å²) in [5, 5.41) is -0.497. The van der Waals surface area contributed by atoms with Crippen LogP contribution in [-0.2, 0) is 15.7 Å². The van der Waals surface area contributed by atoms with Crippen LogP contribution < -0.4 is 5.73 Å². The van der Waals surface area contributed by atoms with E-state index in [-0.39, 0.29) is 0 Å². The number of benzene rings is 1. The van der Waals surface area contributed by atoms with Crippen LogP contribution in [0.25, 0.3) is 0 Å². The maximum atomic E-state index is 13.7. The molecule has 8 heteroatoms. The molecule has 0 radical (unpaired) electrons. The Morgan fingerprint density at radius 3 is 2.53 bits per heavy atom. The normalized spacial score (nSPS) is 13.2. The van der Waals surface area contributed by atoms with E-state index in [4.69, 9.17) is 17.3 Å². The largest absolute Gasteiger partial charge is 0.469 e. The average molecular weight is 300 g/mol. The Morgan fingerprint density at radius 1 is 1.47 bits per heavy atom. The summed E-state index contributed by atoms with van der Waals surface area (Å²) in [4.78, 5) is 11.0. The number of rotatable bonds is 3. The zero-order valence-electron chi connectivity index (χ0n) is 9.72. The topological polar surface area (TPSA) is 52.3 Å². The van der Waals surface area contributed by atoms with Crippen molar-refractivity contribution >= 4 is 17.6 Å². The van der Waals surface area contributed by atoms with Gasteiger partial charge in [0, 0.05) is 11.6 Å². The summed E-state index contributed by atoms with van der Waals surface area (Å²) >= 11 is 5.44. The first kappa shape index (κ1) is 15.7. The monoisotopic (exact) mass is 299 g/mol. The van der Waals surface area contributed by atoms with Gasteiger partial charge in [-0.3, -0.25) is 4.79 Å². The number of hydrogen-bond donors (Lipinski definition) is 1. The van der Waals surface area contributed by atoms with Crippen molar-refractivity contribution in [3.63, 3.8) is 0 Å². The summed E-state index contributed by atoms with van der Waals surface area (Å²) < 4.78 is 56.3. The number of hydrogen-bond acceptors (Lipinski definition) is 3. The van der Waals surface area contributed by atoms with Crippen molar-refractivity contribution in [2.24, 2.45) is 5.73 Å². The van der Waals surface area contributed by atoms with Crippen molar-refractivity contribution in [2.75, 3.05) is 7.11 Å². The molecule has 0 unspecified atom stereocenters. The minimum Gasteiger partial charge on any atom is -0.469 e. The van der Waals surface area contributed by atoms with Crippen molar-refractivity contribution in [2.45, 2.75) is 18.6 Å². The Bertz CT molecular complexity index is 490. The molecule has 1 rings (SSSR count). The van der Waals surface area contributed by atoms with Gasteiger partial charge in [-0.25, -0.2) is 4.39 Å². The molecule has 0 fully saturated rings. The molecule has 0 bridgehead atoms. The summed E-state index contributed by atoms with van der Waals surface area (Å²) in [6.45, 7) is 0. The van der Waals surface area contributed by atoms with Gasteiger partial charge < -0.3 is 10.5 Å². The van der Waals surface area contributed by atoms with E-state index in [1.54, 1.807) is 0 Å². The fraction of sp³-hybridized carbons (Fsp3) is 0.364. The van der Waals surface area contributed by atoms with Crippen LogP contribution in [0.15, 0.2) is 12.1 Å². The van der Waals surface area contributed by atoms with Crippen LogP contribution in [0.4, 0.5) is 17.6 Å². The molecule has 3 nitrogen and oxygen atoms in total. The molecule has 2 N–H and O–H groups in total. The Labute approximate surface area is 111 Å². The maximum Gasteiger partial charge on any atom is 0.416 e. The van der Waals surface area contributed by atoms with E-state index in [0.29, 0.717) is 6.07 Å². The smallest absolute Gasteiger partial charge is 0.416 e. The number of carbonyl (C=O) groups is 1. The van der Waals surface area contributed by atoms with Crippen LogP contribution in [0, 0.1) is 5.82 Å². The minimum absolute atomic E-state index is 0.497. The van der Waals surface area contributed by atoms with E-state index in [2.05, 4.69) is 4.74 Å². The van der Waals surface area contributed by atoms with Crippen LogP contribution >= 0.6 is 11.6 Å². The lowest BCUT2D eigenvalue weighted by atomic mass is 9.97. The van der Waals surface area contributed by atoms with Gasteiger partial charge in [0.05, 0.1) is 24.1 Å². The third-order valence-corrected chi connectivity index (χ3v) is 2.71. The predicted molar refractivity (Wildman–Crippen MR) is 60.0 cm³/mol. The summed E-state index contributed by atoms with van der Waals surface area (Å²) in [5.74, 6) is -2.13. The fourth-order valence-corrected chi connectivity index (χ4v) is 1.71. The standard InChI is InChI=1S/C11H10ClF4NO2/c1-19-8(18)4-7(17)9-5(11(14,15)16)2-3-6(12)10(9)13/h2-3,7H,4,17H2,1H3/t7-/m0/s1. The second kappa shape index (κ2) is 5.75. The number of nitrogens with two attached hydrogens (primary N) is 1. The van der Waals surface area contributed by atoms with Gasteiger partial charge in [-0.05, 0) is 12.1 Å². The molecule has 19 heavy (non-hydrogen) atoms. The van der Waals surface area contributed by atoms with Crippen molar-refractivity contribution in [1.82, 2.24) is 0 Å². The van der Waals surface area contributed by atoms with Gasteiger partial charge in [-0.15, -0.1) is 0 Å². The number of halogens is 5. The molecule has 106 valence electrons. The zero-order chi connectivity index (χ0) is 14.8. The third kappa shape index (κ3) is 3.57. The van der Waals surface area contributed by atoms with E-state index in [0.717, 1.165) is 13.2 Å². The van der Waals surface area contributed by atoms with Crippen molar-refractivity contribution in [1.29, 1.82) is 0 Å². The quantitative estimate of drug-likeness (QED) is 0.689. The molecule has 0 saturated heterocycles. The molecule has 0 amide bonds. The first-order valence-corrected chi connectivity index (χ1v) is 5.43. The lowest BCUT2D eigenvalue weighted by Gasteiger charge is -2.19. The maximum absolute atomic E-state index is 13.7. The van der Waals surface area contributed by atoms with Crippen LogP contribution in [0.1, 0.15) is 23.6 Å². The highest BCUT2D eigenvalue weighted by Crippen LogP contribution is 2.38. The number of esters is 1. The van der Waals surface area contributed by atoms with E-state index in [1.165, 1.54) is 0 Å². The second-order valence-electron chi connectivity index (χ2n) is 3.71. The van der Waals surface area contributed by atoms with E-state index >= 15 is 0 Å². The van der Waals surface area contributed by atoms with Crippen LogP contribution in [0.3, 0.4) is 0 Å². The number of ether oxygens (including phenoxy) is 1. The highest BCUT2D eigenvalue weighted by atomic mass is 35.5. The van der Waals surface area contributed by atoms with Gasteiger partial charge in [-0.2, -0.15) is 13.2 Å². The van der Waals surface area contributed by atoms with Crippen LogP contribution in [0.5, 0.6) is 0 Å². The molecule has 0 saturated carbocycles.